The average molecular weight is 275 g/mol. The van der Waals surface area contributed by atoms with Crippen LogP contribution in [0.5, 0.6) is 0 Å². The molecule has 0 saturated carbocycles. The van der Waals surface area contributed by atoms with Crippen molar-refractivity contribution in [2.45, 2.75) is 45.8 Å². The zero-order valence-electron chi connectivity index (χ0n) is 12.9. The molecule has 0 aromatic heterocycles. The van der Waals surface area contributed by atoms with Crippen LogP contribution in [0.1, 0.15) is 50.0 Å². The van der Waals surface area contributed by atoms with Gasteiger partial charge in [0.2, 0.25) is 0 Å². The summed E-state index contributed by atoms with van der Waals surface area (Å²) in [6.45, 7) is 12.4. The molecule has 0 bridgehead atoms. The second-order valence-corrected chi connectivity index (χ2v) is 5.83. The fourth-order valence-electron chi connectivity index (χ4n) is 1.76. The Bertz CT molecular complexity index is 447. The van der Waals surface area contributed by atoms with Crippen LogP contribution in [0, 0.1) is 0 Å². The van der Waals surface area contributed by atoms with Gasteiger partial charge in [-0.2, -0.15) is 0 Å². The highest BCUT2D eigenvalue weighted by atomic mass is 16.5. The number of nitrogens with one attached hydrogen (secondary N) is 1. The van der Waals surface area contributed by atoms with Gasteiger partial charge in [0.1, 0.15) is 0 Å². The fourth-order valence-corrected chi connectivity index (χ4v) is 1.76. The van der Waals surface area contributed by atoms with Crippen LogP contribution in [0.25, 0.3) is 6.08 Å². The number of carbonyl (C=O) groups is 1. The molecule has 1 N–H and O–H groups in total. The van der Waals surface area contributed by atoms with E-state index in [0.717, 1.165) is 12.0 Å². The Morgan fingerprint density at radius 3 is 2.45 bits per heavy atom. The van der Waals surface area contributed by atoms with Crippen molar-refractivity contribution in [2.75, 3.05) is 6.61 Å². The van der Waals surface area contributed by atoms with E-state index >= 15 is 0 Å². The monoisotopic (exact) mass is 275 g/mol. The highest BCUT2D eigenvalue weighted by Crippen LogP contribution is 2.12. The molecule has 0 spiro atoms. The van der Waals surface area contributed by atoms with Gasteiger partial charge in [0.05, 0.1) is 6.10 Å². The summed E-state index contributed by atoms with van der Waals surface area (Å²) in [6.07, 6.45) is 2.75. The summed E-state index contributed by atoms with van der Waals surface area (Å²) in [5.41, 5.74) is 1.38. The lowest BCUT2D eigenvalue weighted by Crippen LogP contribution is -2.44. The summed E-state index contributed by atoms with van der Waals surface area (Å²) in [4.78, 5) is 12.2. The highest BCUT2D eigenvalue weighted by Gasteiger charge is 2.21. The van der Waals surface area contributed by atoms with Crippen molar-refractivity contribution >= 4 is 12.0 Å². The molecule has 3 nitrogen and oxygen atoms in total. The normalized spacial score (nSPS) is 11.4. The topological polar surface area (TPSA) is 38.3 Å². The number of carbonyl (C=O) groups excluding carboxylic acids is 1. The molecule has 1 aromatic carbocycles. The molecule has 0 aliphatic rings. The van der Waals surface area contributed by atoms with Crippen LogP contribution in [-0.2, 0) is 4.74 Å². The van der Waals surface area contributed by atoms with Crippen molar-refractivity contribution < 1.29 is 9.53 Å². The van der Waals surface area contributed by atoms with Crippen LogP contribution >= 0.6 is 0 Å². The average Bonchev–Trinajstić information content (AvgIpc) is 2.37. The Balaban J connectivity index is 2.56. The summed E-state index contributed by atoms with van der Waals surface area (Å²) in [7, 11) is 0. The highest BCUT2D eigenvalue weighted by molar-refractivity contribution is 5.94. The van der Waals surface area contributed by atoms with Gasteiger partial charge in [-0.3, -0.25) is 4.79 Å². The molecule has 0 unspecified atom stereocenters. The van der Waals surface area contributed by atoms with Crippen LogP contribution in [0.4, 0.5) is 0 Å². The first-order valence-electron chi connectivity index (χ1n) is 7.01. The maximum atomic E-state index is 12.2. The molecule has 1 rings (SSSR count). The molecule has 0 aliphatic carbocycles. The van der Waals surface area contributed by atoms with Gasteiger partial charge in [0.15, 0.2) is 0 Å². The predicted octanol–water partition coefficient (Wildman–Crippen LogP) is 3.65. The minimum absolute atomic E-state index is 0.0600. The van der Waals surface area contributed by atoms with Crippen molar-refractivity contribution in [2.24, 2.45) is 0 Å². The van der Waals surface area contributed by atoms with E-state index in [4.69, 9.17) is 4.74 Å². The summed E-state index contributed by atoms with van der Waals surface area (Å²) in [5.74, 6) is -0.0600. The lowest BCUT2D eigenvalue weighted by atomic mass is 10.00. The van der Waals surface area contributed by atoms with Crippen LogP contribution in [-0.4, -0.2) is 24.2 Å². The fraction of sp³-hybridized carbons (Fsp3) is 0.471. The standard InChI is InChI=1S/C17H25NO2/c1-6-14-7-9-15(10-8-14)16(19)18-17(4,5)11-12-20-13(2)3/h6-10,13H,1,11-12H2,2-5H3,(H,18,19). The summed E-state index contributed by atoms with van der Waals surface area (Å²) >= 11 is 0. The second kappa shape index (κ2) is 7.25. The molecule has 1 amide bonds. The lowest BCUT2D eigenvalue weighted by molar-refractivity contribution is 0.0614. The van der Waals surface area contributed by atoms with Gasteiger partial charge in [-0.05, 0) is 51.8 Å². The van der Waals surface area contributed by atoms with Gasteiger partial charge in [-0.15, -0.1) is 0 Å². The maximum absolute atomic E-state index is 12.2. The Morgan fingerprint density at radius 1 is 1.35 bits per heavy atom. The molecule has 0 fully saturated rings. The number of hydrogen-bond acceptors (Lipinski definition) is 2. The minimum atomic E-state index is -0.289. The van der Waals surface area contributed by atoms with E-state index in [-0.39, 0.29) is 17.6 Å². The second-order valence-electron chi connectivity index (χ2n) is 5.83. The zero-order chi connectivity index (χ0) is 15.2. The van der Waals surface area contributed by atoms with Gasteiger partial charge in [-0.1, -0.05) is 24.8 Å². The summed E-state index contributed by atoms with van der Waals surface area (Å²) < 4.78 is 5.53. The first-order chi connectivity index (χ1) is 9.34. The number of amides is 1. The van der Waals surface area contributed by atoms with Crippen LogP contribution in [0.2, 0.25) is 0 Å². The molecule has 110 valence electrons. The van der Waals surface area contributed by atoms with Gasteiger partial charge in [0, 0.05) is 17.7 Å². The van der Waals surface area contributed by atoms with Gasteiger partial charge < -0.3 is 10.1 Å². The van der Waals surface area contributed by atoms with Gasteiger partial charge in [-0.25, -0.2) is 0 Å². The quantitative estimate of drug-likeness (QED) is 0.825. The molecular weight excluding hydrogens is 250 g/mol. The zero-order valence-corrected chi connectivity index (χ0v) is 12.9. The van der Waals surface area contributed by atoms with Gasteiger partial charge >= 0.3 is 0 Å². The number of rotatable bonds is 7. The van der Waals surface area contributed by atoms with Crippen molar-refractivity contribution in [3.63, 3.8) is 0 Å². The van der Waals surface area contributed by atoms with Crippen LogP contribution < -0.4 is 5.32 Å². The third-order valence-electron chi connectivity index (χ3n) is 3.04. The molecule has 1 aromatic rings. The van der Waals surface area contributed by atoms with Crippen molar-refractivity contribution in [3.05, 3.63) is 42.0 Å². The van der Waals surface area contributed by atoms with E-state index in [1.807, 2.05) is 52.0 Å². The number of benzene rings is 1. The molecular formula is C17H25NO2. The van der Waals surface area contributed by atoms with Crippen LogP contribution in [0.3, 0.4) is 0 Å². The predicted molar refractivity (Wildman–Crippen MR) is 83.8 cm³/mol. The van der Waals surface area contributed by atoms with E-state index < -0.39 is 0 Å². The molecule has 0 heterocycles. The SMILES string of the molecule is C=Cc1ccc(C(=O)NC(C)(C)CCOC(C)C)cc1. The van der Waals surface area contributed by atoms with Crippen LogP contribution in [0.15, 0.2) is 30.8 Å². The van der Waals surface area contributed by atoms with Crippen molar-refractivity contribution in [1.29, 1.82) is 0 Å². The molecule has 0 radical (unpaired) electrons. The number of hydrogen-bond donors (Lipinski definition) is 1. The van der Waals surface area contributed by atoms with Crippen molar-refractivity contribution in [3.8, 4) is 0 Å². The third kappa shape index (κ3) is 5.57. The Labute approximate surface area is 122 Å². The molecule has 0 atom stereocenters. The Morgan fingerprint density at radius 2 is 1.95 bits per heavy atom. The lowest BCUT2D eigenvalue weighted by Gasteiger charge is -2.26. The van der Waals surface area contributed by atoms with Gasteiger partial charge in [0.25, 0.3) is 5.91 Å². The van der Waals surface area contributed by atoms with E-state index in [2.05, 4.69) is 11.9 Å². The maximum Gasteiger partial charge on any atom is 0.251 e. The molecule has 0 aliphatic heterocycles. The summed E-state index contributed by atoms with van der Waals surface area (Å²) in [6, 6.07) is 7.40. The number of ether oxygens (including phenoxy) is 1. The Kier molecular flexibility index (Phi) is 5.96. The van der Waals surface area contributed by atoms with Crippen molar-refractivity contribution in [1.82, 2.24) is 5.32 Å². The third-order valence-corrected chi connectivity index (χ3v) is 3.04. The minimum Gasteiger partial charge on any atom is -0.379 e. The first-order valence-corrected chi connectivity index (χ1v) is 7.01. The Hall–Kier alpha value is -1.61. The molecule has 3 heteroatoms. The first kappa shape index (κ1) is 16.4. The smallest absolute Gasteiger partial charge is 0.251 e. The van der Waals surface area contributed by atoms with E-state index in [0.29, 0.717) is 12.2 Å². The molecule has 0 saturated heterocycles. The summed E-state index contributed by atoms with van der Waals surface area (Å²) in [5, 5.41) is 3.04. The largest absolute Gasteiger partial charge is 0.379 e. The van der Waals surface area contributed by atoms with E-state index in [9.17, 15) is 4.79 Å². The van der Waals surface area contributed by atoms with E-state index in [1.165, 1.54) is 0 Å². The molecule has 20 heavy (non-hydrogen) atoms. The van der Waals surface area contributed by atoms with E-state index in [1.54, 1.807) is 6.08 Å².